The molecule has 1 atom stereocenters. The summed E-state index contributed by atoms with van der Waals surface area (Å²) in [5, 5.41) is 3.49. The Morgan fingerprint density at radius 2 is 1.56 bits per heavy atom. The number of nitrogens with one attached hydrogen (secondary N) is 1. The molecule has 0 aliphatic carbocycles. The van der Waals surface area contributed by atoms with E-state index in [9.17, 15) is 35.1 Å². The van der Waals surface area contributed by atoms with Gasteiger partial charge in [-0.05, 0) is 25.8 Å². The third kappa shape index (κ3) is 11.7. The Labute approximate surface area is 152 Å². The van der Waals surface area contributed by atoms with Crippen molar-refractivity contribution in [3.63, 3.8) is 0 Å². The monoisotopic (exact) mass is 441 g/mol. The van der Waals surface area contributed by atoms with E-state index in [2.05, 4.69) is 12.2 Å². The van der Waals surface area contributed by atoms with Crippen molar-refractivity contribution in [1.82, 2.24) is 5.32 Å². The van der Waals surface area contributed by atoms with Crippen LogP contribution in [0.25, 0.3) is 0 Å². The van der Waals surface area contributed by atoms with E-state index in [1.54, 1.807) is 0 Å². The predicted molar refractivity (Wildman–Crippen MR) is 81.2 cm³/mol. The molecule has 5 nitrogen and oxygen atoms in total. The van der Waals surface area contributed by atoms with Crippen molar-refractivity contribution >= 4 is 10.4 Å². The molecule has 1 unspecified atom stereocenters. The minimum absolute atomic E-state index is 0.552. The second-order valence-corrected chi connectivity index (χ2v) is 6.67. The summed E-state index contributed by atoms with van der Waals surface area (Å²) in [7, 11) is -4.67. The third-order valence-corrected chi connectivity index (χ3v) is 3.31. The topological polar surface area (TPSA) is 86.6 Å². The standard InChI is InChI=1S/C8H17N.C5H4F8.H2O4S/c1-2-3-5-8-6-4-7-9-8;1-3(8,9)5(12,13)4(10,11)2(6)7;1-5(2,3)4/h8-9H,2-7H2,1H3;2H,1H3;(H2,1,2,3,4). The van der Waals surface area contributed by atoms with Crippen LogP contribution in [0.15, 0.2) is 0 Å². The molecule has 0 bridgehead atoms. The number of alkyl halides is 8. The van der Waals surface area contributed by atoms with Gasteiger partial charge in [0.1, 0.15) is 0 Å². The van der Waals surface area contributed by atoms with Gasteiger partial charge in [-0.3, -0.25) is 9.11 Å². The van der Waals surface area contributed by atoms with E-state index in [0.717, 1.165) is 6.04 Å². The lowest BCUT2D eigenvalue weighted by Crippen LogP contribution is -2.56. The highest BCUT2D eigenvalue weighted by atomic mass is 32.3. The minimum atomic E-state index is -6.06. The van der Waals surface area contributed by atoms with E-state index in [1.165, 1.54) is 38.6 Å². The lowest BCUT2D eigenvalue weighted by atomic mass is 10.1. The zero-order valence-electron chi connectivity index (χ0n) is 14.5. The maximum absolute atomic E-state index is 12.0. The SMILES string of the molecule is CC(F)(F)C(F)(F)C(F)(F)C(F)F.CCCCC1CCCN1.O=S(=O)(O)O. The van der Waals surface area contributed by atoms with Crippen molar-refractivity contribution in [3.8, 4) is 0 Å². The van der Waals surface area contributed by atoms with Gasteiger partial charge in [-0.1, -0.05) is 19.8 Å². The highest BCUT2D eigenvalue weighted by Gasteiger charge is 2.73. The van der Waals surface area contributed by atoms with E-state index in [4.69, 9.17) is 17.5 Å². The Hall–Kier alpha value is -0.730. The van der Waals surface area contributed by atoms with Gasteiger partial charge in [-0.25, -0.2) is 8.78 Å². The van der Waals surface area contributed by atoms with Crippen molar-refractivity contribution in [2.45, 2.75) is 76.2 Å². The van der Waals surface area contributed by atoms with E-state index < -0.39 is 41.5 Å². The molecule has 1 aliphatic rings. The molecule has 166 valence electrons. The quantitative estimate of drug-likeness (QED) is 0.419. The summed E-state index contributed by atoms with van der Waals surface area (Å²) in [5.41, 5.74) is 0. The summed E-state index contributed by atoms with van der Waals surface area (Å²) in [6, 6.07) is 0.866. The molecule has 0 spiro atoms. The molecule has 0 aromatic carbocycles. The van der Waals surface area contributed by atoms with Crippen molar-refractivity contribution in [1.29, 1.82) is 0 Å². The van der Waals surface area contributed by atoms with Crippen LogP contribution in [0.2, 0.25) is 0 Å². The summed E-state index contributed by atoms with van der Waals surface area (Å²) in [4.78, 5) is 0. The molecular formula is C13H23F8NO4S. The molecule has 1 rings (SSSR count). The van der Waals surface area contributed by atoms with Crippen LogP contribution >= 0.6 is 0 Å². The van der Waals surface area contributed by atoms with Crippen molar-refractivity contribution in [3.05, 3.63) is 0 Å². The molecule has 0 aromatic rings. The Morgan fingerprint density at radius 1 is 1.11 bits per heavy atom. The van der Waals surface area contributed by atoms with Gasteiger partial charge in [0, 0.05) is 13.0 Å². The zero-order valence-corrected chi connectivity index (χ0v) is 15.4. The first-order chi connectivity index (χ1) is 11.9. The van der Waals surface area contributed by atoms with Crippen LogP contribution < -0.4 is 5.32 Å². The molecule has 0 saturated carbocycles. The van der Waals surface area contributed by atoms with Crippen LogP contribution in [0, 0.1) is 0 Å². The second-order valence-electron chi connectivity index (χ2n) is 5.77. The molecule has 0 aromatic heterocycles. The van der Waals surface area contributed by atoms with Crippen molar-refractivity contribution < 1.29 is 52.6 Å². The second kappa shape index (κ2) is 11.3. The van der Waals surface area contributed by atoms with Gasteiger partial charge in [0.2, 0.25) is 0 Å². The smallest absolute Gasteiger partial charge is 0.314 e. The molecule has 0 radical (unpaired) electrons. The first-order valence-electron chi connectivity index (χ1n) is 7.72. The Bertz CT molecular complexity index is 497. The minimum Gasteiger partial charge on any atom is -0.314 e. The Balaban J connectivity index is 0. The van der Waals surface area contributed by atoms with Gasteiger partial charge in [-0.2, -0.15) is 34.8 Å². The fourth-order valence-electron chi connectivity index (χ4n) is 1.88. The van der Waals surface area contributed by atoms with Crippen LogP contribution in [0.5, 0.6) is 0 Å². The average Bonchev–Trinajstić information content (AvgIpc) is 2.95. The van der Waals surface area contributed by atoms with E-state index in [0.29, 0.717) is 0 Å². The van der Waals surface area contributed by atoms with Gasteiger partial charge in [-0.15, -0.1) is 0 Å². The fourth-order valence-corrected chi connectivity index (χ4v) is 1.88. The molecule has 1 aliphatic heterocycles. The molecule has 1 heterocycles. The maximum atomic E-state index is 12.0. The van der Waals surface area contributed by atoms with E-state index in [-0.39, 0.29) is 0 Å². The van der Waals surface area contributed by atoms with E-state index in [1.807, 2.05) is 0 Å². The Kier molecular flexibility index (Phi) is 11.9. The molecule has 1 fully saturated rings. The number of hydrogen-bond donors (Lipinski definition) is 3. The highest BCUT2D eigenvalue weighted by molar-refractivity contribution is 7.79. The summed E-state index contributed by atoms with van der Waals surface area (Å²) in [6.07, 6.45) is 2.12. The first kappa shape index (κ1) is 28.5. The van der Waals surface area contributed by atoms with Crippen LogP contribution in [0.1, 0.15) is 46.0 Å². The van der Waals surface area contributed by atoms with Gasteiger partial charge >= 0.3 is 34.6 Å². The summed E-state index contributed by atoms with van der Waals surface area (Å²) < 4.78 is 125. The lowest BCUT2D eigenvalue weighted by molar-refractivity contribution is -0.333. The van der Waals surface area contributed by atoms with Crippen LogP contribution in [0.3, 0.4) is 0 Å². The summed E-state index contributed by atoms with van der Waals surface area (Å²) in [6.45, 7) is 2.96. The van der Waals surface area contributed by atoms with Gasteiger partial charge in [0.05, 0.1) is 0 Å². The van der Waals surface area contributed by atoms with Gasteiger partial charge in [0.25, 0.3) is 0 Å². The molecule has 1 saturated heterocycles. The fraction of sp³-hybridized carbons (Fsp3) is 1.00. The molecule has 27 heavy (non-hydrogen) atoms. The maximum Gasteiger partial charge on any atom is 0.394 e. The normalized spacial score (nSPS) is 18.5. The molecular weight excluding hydrogens is 418 g/mol. The van der Waals surface area contributed by atoms with Crippen molar-refractivity contribution in [2.24, 2.45) is 0 Å². The van der Waals surface area contributed by atoms with Crippen LogP contribution in [-0.4, -0.2) is 54.3 Å². The zero-order chi connectivity index (χ0) is 22.1. The molecule has 3 N–H and O–H groups in total. The lowest BCUT2D eigenvalue weighted by Gasteiger charge is -2.29. The van der Waals surface area contributed by atoms with Crippen molar-refractivity contribution in [2.75, 3.05) is 6.54 Å². The predicted octanol–water partition coefficient (Wildman–Crippen LogP) is 4.45. The van der Waals surface area contributed by atoms with Gasteiger partial charge < -0.3 is 5.32 Å². The largest absolute Gasteiger partial charge is 0.394 e. The third-order valence-electron chi connectivity index (χ3n) is 3.31. The number of hydrogen-bond acceptors (Lipinski definition) is 3. The molecule has 14 heteroatoms. The first-order valence-corrected chi connectivity index (χ1v) is 9.12. The van der Waals surface area contributed by atoms with E-state index >= 15 is 0 Å². The average molecular weight is 441 g/mol. The summed E-state index contributed by atoms with van der Waals surface area (Å²) >= 11 is 0. The van der Waals surface area contributed by atoms with Crippen LogP contribution in [-0.2, 0) is 10.4 Å². The number of halogens is 8. The number of rotatable bonds is 6. The Morgan fingerprint density at radius 3 is 1.78 bits per heavy atom. The van der Waals surface area contributed by atoms with Crippen LogP contribution in [0.4, 0.5) is 35.1 Å². The highest BCUT2D eigenvalue weighted by Crippen LogP contribution is 2.47. The van der Waals surface area contributed by atoms with Gasteiger partial charge in [0.15, 0.2) is 0 Å². The molecule has 0 amide bonds. The summed E-state index contributed by atoms with van der Waals surface area (Å²) in [5.74, 6) is -17.3. The number of unbranched alkanes of at least 4 members (excludes halogenated alkanes) is 1.